The second-order valence-corrected chi connectivity index (χ2v) is 13.0. The highest BCUT2D eigenvalue weighted by Gasteiger charge is 2.63. The first kappa shape index (κ1) is 26.2. The van der Waals surface area contributed by atoms with Gasteiger partial charge in [-0.1, -0.05) is 34.2 Å². The Morgan fingerprint density at radius 2 is 1.97 bits per heavy atom. The van der Waals surface area contributed by atoms with Crippen LogP contribution in [0.25, 0.3) is 0 Å². The minimum atomic E-state index is -1.45. The summed E-state index contributed by atoms with van der Waals surface area (Å²) in [6.45, 7) is 8.94. The fourth-order valence-corrected chi connectivity index (χ4v) is 7.89. The van der Waals surface area contributed by atoms with E-state index >= 15 is 4.39 Å². The summed E-state index contributed by atoms with van der Waals surface area (Å²) in [4.78, 5) is 21.6. The van der Waals surface area contributed by atoms with Crippen LogP contribution in [0.4, 0.5) is 10.1 Å². The highest BCUT2D eigenvalue weighted by molar-refractivity contribution is 14.1. The van der Waals surface area contributed by atoms with Gasteiger partial charge < -0.3 is 15.6 Å². The highest BCUT2D eigenvalue weighted by atomic mass is 127. The van der Waals surface area contributed by atoms with Gasteiger partial charge in [0.15, 0.2) is 10.6 Å². The van der Waals surface area contributed by atoms with Crippen molar-refractivity contribution in [3.05, 3.63) is 58.1 Å². The van der Waals surface area contributed by atoms with E-state index in [2.05, 4.69) is 32.9 Å². The van der Waals surface area contributed by atoms with Crippen molar-refractivity contribution in [2.24, 2.45) is 10.7 Å². The smallest absolute Gasteiger partial charge is 0.274 e. The van der Waals surface area contributed by atoms with Gasteiger partial charge in [0, 0.05) is 28.3 Å². The molecule has 0 saturated heterocycles. The number of aromatic nitrogens is 1. The third-order valence-corrected chi connectivity index (χ3v) is 9.81. The average Bonchev–Trinajstić information content (AvgIpc) is 2.73. The number of amides is 1. The molecule has 3 rings (SSSR count). The Labute approximate surface area is 215 Å². The number of pyridine rings is 1. The Kier molecular flexibility index (Phi) is 7.39. The van der Waals surface area contributed by atoms with Gasteiger partial charge >= 0.3 is 0 Å². The molecule has 0 fully saturated rings. The predicted molar refractivity (Wildman–Crippen MR) is 141 cm³/mol. The van der Waals surface area contributed by atoms with Crippen LogP contribution < -0.4 is 11.1 Å². The lowest BCUT2D eigenvalue weighted by molar-refractivity contribution is 0.102. The largest absolute Gasteiger partial charge is 0.615 e. The number of amidine groups is 1. The van der Waals surface area contributed by atoms with E-state index < -0.39 is 37.9 Å². The van der Waals surface area contributed by atoms with Gasteiger partial charge in [-0.15, -0.1) is 0 Å². The Morgan fingerprint density at radius 3 is 2.58 bits per heavy atom. The summed E-state index contributed by atoms with van der Waals surface area (Å²) in [5.74, 6) is -0.722. The molecule has 10 heteroatoms. The quantitative estimate of drug-likeness (QED) is 0.281. The molecular weight excluding hydrogens is 578 g/mol. The zero-order valence-electron chi connectivity index (χ0n) is 19.1. The molecule has 1 aromatic carbocycles. The Balaban J connectivity index is 2.05. The SMILES string of the molecule is Cc1cc(Cl)cnc1C(=O)Nc1ccc(F)c([C@@]2(C)N=C(N)[C@](C)(CCI)[S+]([O-])C2(C)C)c1. The molecule has 178 valence electrons. The van der Waals surface area contributed by atoms with Crippen LogP contribution in [0.1, 0.15) is 55.7 Å². The van der Waals surface area contributed by atoms with E-state index in [0.29, 0.717) is 22.7 Å². The van der Waals surface area contributed by atoms with Gasteiger partial charge in [0.1, 0.15) is 21.8 Å². The molecule has 2 heterocycles. The maximum absolute atomic E-state index is 15.2. The van der Waals surface area contributed by atoms with E-state index in [1.165, 1.54) is 24.4 Å². The summed E-state index contributed by atoms with van der Waals surface area (Å²) in [5, 5.41) is 3.19. The van der Waals surface area contributed by atoms with Gasteiger partial charge in [0.25, 0.3) is 5.91 Å². The second kappa shape index (κ2) is 9.31. The summed E-state index contributed by atoms with van der Waals surface area (Å²) >= 11 is 6.70. The number of alkyl halides is 1. The minimum absolute atomic E-state index is 0.207. The number of nitrogens with one attached hydrogen (secondary N) is 1. The fraction of sp³-hybridized carbons (Fsp3) is 0.435. The predicted octanol–water partition coefficient (Wildman–Crippen LogP) is 5.13. The van der Waals surface area contributed by atoms with E-state index in [9.17, 15) is 9.35 Å². The molecule has 3 atom stereocenters. The molecule has 0 bridgehead atoms. The second-order valence-electron chi connectivity index (χ2n) is 8.99. The molecular formula is C23H27ClFIN4O2S. The van der Waals surface area contributed by atoms with Crippen LogP contribution in [0.3, 0.4) is 0 Å². The first-order chi connectivity index (χ1) is 15.3. The number of halogens is 3. The van der Waals surface area contributed by atoms with E-state index in [4.69, 9.17) is 22.3 Å². The summed E-state index contributed by atoms with van der Waals surface area (Å²) in [7, 11) is 0. The molecule has 1 amide bonds. The third kappa shape index (κ3) is 4.49. The summed E-state index contributed by atoms with van der Waals surface area (Å²) in [5.41, 5.74) is 6.53. The monoisotopic (exact) mass is 604 g/mol. The number of carbonyl (C=O) groups is 1. The summed E-state index contributed by atoms with van der Waals surface area (Å²) in [6, 6.07) is 5.90. The van der Waals surface area contributed by atoms with Crippen LogP contribution in [0.2, 0.25) is 5.02 Å². The topological polar surface area (TPSA) is 103 Å². The van der Waals surface area contributed by atoms with Crippen LogP contribution in [0.5, 0.6) is 0 Å². The number of benzene rings is 1. The Hall–Kier alpha value is -1.43. The van der Waals surface area contributed by atoms with Gasteiger partial charge in [-0.2, -0.15) is 0 Å². The van der Waals surface area contributed by atoms with Gasteiger partial charge in [0.2, 0.25) is 0 Å². The van der Waals surface area contributed by atoms with Crippen molar-refractivity contribution in [1.29, 1.82) is 0 Å². The van der Waals surface area contributed by atoms with Crippen LogP contribution in [0, 0.1) is 12.7 Å². The van der Waals surface area contributed by atoms with Crippen LogP contribution in [-0.2, 0) is 16.7 Å². The molecule has 1 aliphatic rings. The number of rotatable bonds is 5. The van der Waals surface area contributed by atoms with Gasteiger partial charge in [-0.25, -0.2) is 9.37 Å². The molecule has 0 aliphatic carbocycles. The minimum Gasteiger partial charge on any atom is -0.615 e. The number of carbonyl (C=O) groups excluding carboxylic acids is 1. The van der Waals surface area contributed by atoms with E-state index in [0.717, 1.165) is 4.43 Å². The fourth-order valence-electron chi connectivity index (χ4n) is 4.06. The van der Waals surface area contributed by atoms with Gasteiger partial charge in [-0.3, -0.25) is 9.79 Å². The van der Waals surface area contributed by atoms with Crippen LogP contribution in [-0.4, -0.2) is 35.2 Å². The summed E-state index contributed by atoms with van der Waals surface area (Å²) < 4.78 is 27.9. The molecule has 0 radical (unpaired) electrons. The Bertz CT molecular complexity index is 1130. The number of hydrogen-bond acceptors (Lipinski definition) is 5. The highest BCUT2D eigenvalue weighted by Crippen LogP contribution is 2.51. The maximum atomic E-state index is 15.2. The van der Waals surface area contributed by atoms with Crippen LogP contribution >= 0.6 is 34.2 Å². The molecule has 33 heavy (non-hydrogen) atoms. The molecule has 2 aromatic rings. The van der Waals surface area contributed by atoms with Crippen molar-refractivity contribution < 1.29 is 13.7 Å². The molecule has 1 aromatic heterocycles. The molecule has 0 saturated carbocycles. The molecule has 6 nitrogen and oxygen atoms in total. The summed E-state index contributed by atoms with van der Waals surface area (Å²) in [6.07, 6.45) is 1.99. The number of aliphatic imine (C=N–C) groups is 1. The number of nitrogens with zero attached hydrogens (tertiary/aromatic N) is 2. The number of aryl methyl sites for hydroxylation is 1. The van der Waals surface area contributed by atoms with Gasteiger partial charge in [-0.05, 0) is 75.6 Å². The van der Waals surface area contributed by atoms with E-state index in [1.807, 2.05) is 20.8 Å². The lowest BCUT2D eigenvalue weighted by Crippen LogP contribution is -2.66. The van der Waals surface area contributed by atoms with Crippen molar-refractivity contribution in [2.45, 2.75) is 56.1 Å². The number of anilines is 1. The zero-order valence-corrected chi connectivity index (χ0v) is 22.9. The average molecular weight is 605 g/mol. The Morgan fingerprint density at radius 1 is 1.30 bits per heavy atom. The van der Waals surface area contributed by atoms with E-state index in [-0.39, 0.29) is 17.1 Å². The number of nitrogens with two attached hydrogens (primary N) is 1. The standard InChI is InChI=1S/C23H27ClFIN4O2S/c1-13-10-14(24)12-28-18(13)19(31)29-15-6-7-17(25)16(11-15)23(5)21(2,3)33(32)22(4,8-9-26)20(27)30-23/h6-7,10-12H,8-9H2,1-5H3,(H2,27,30)(H,29,31)/t22-,23+,33?/m0/s1. The van der Waals surface area contributed by atoms with Crippen molar-refractivity contribution in [2.75, 3.05) is 9.74 Å². The maximum Gasteiger partial charge on any atom is 0.274 e. The van der Waals surface area contributed by atoms with Crippen molar-refractivity contribution in [1.82, 2.24) is 4.98 Å². The van der Waals surface area contributed by atoms with E-state index in [1.54, 1.807) is 19.9 Å². The molecule has 3 N–H and O–H groups in total. The molecule has 0 spiro atoms. The first-order valence-electron chi connectivity index (χ1n) is 10.3. The lowest BCUT2D eigenvalue weighted by Gasteiger charge is -2.51. The normalized spacial score (nSPS) is 26.6. The van der Waals surface area contributed by atoms with Crippen molar-refractivity contribution in [3.63, 3.8) is 0 Å². The lowest BCUT2D eigenvalue weighted by atomic mass is 9.80. The van der Waals surface area contributed by atoms with Crippen molar-refractivity contribution in [3.8, 4) is 0 Å². The van der Waals surface area contributed by atoms with Crippen LogP contribution in [0.15, 0.2) is 35.5 Å². The molecule has 1 unspecified atom stereocenters. The first-order valence-corrected chi connectivity index (χ1v) is 13.4. The molecule has 1 aliphatic heterocycles. The zero-order chi connectivity index (χ0) is 24.8. The van der Waals surface area contributed by atoms with Crippen molar-refractivity contribution >= 4 is 62.8 Å². The third-order valence-electron chi connectivity index (χ3n) is 6.51. The number of hydrogen-bond donors (Lipinski definition) is 2. The van der Waals surface area contributed by atoms with Gasteiger partial charge in [0.05, 0.1) is 5.02 Å².